The Hall–Kier alpha value is -2.32. The molecule has 104 valence electrons. The molecule has 2 aromatic rings. The molecule has 1 aromatic carbocycles. The largest absolute Gasteiger partial charge is 0.378 e. The van der Waals surface area contributed by atoms with Crippen molar-refractivity contribution >= 4 is 23.6 Å². The number of nitrogens with zero attached hydrogens (tertiary/aromatic N) is 4. The number of ether oxygens (including phenoxy) is 1. The molecule has 1 heterocycles. The van der Waals surface area contributed by atoms with E-state index in [2.05, 4.69) is 10.3 Å². The Balaban J connectivity index is 2.56. The van der Waals surface area contributed by atoms with Gasteiger partial charge in [-0.25, -0.2) is 4.68 Å². The van der Waals surface area contributed by atoms with Gasteiger partial charge in [-0.3, -0.25) is 14.9 Å². The van der Waals surface area contributed by atoms with Gasteiger partial charge in [-0.05, 0) is 12.1 Å². The highest BCUT2D eigenvalue weighted by atomic mass is 35.5. The van der Waals surface area contributed by atoms with Crippen molar-refractivity contribution in [1.29, 1.82) is 0 Å². The van der Waals surface area contributed by atoms with Gasteiger partial charge in [-0.1, -0.05) is 16.8 Å². The number of carbonyl (C=O) groups is 1. The molecule has 0 fully saturated rings. The Morgan fingerprint density at radius 1 is 1.55 bits per heavy atom. The molecular formula is C11H9ClN4O4. The van der Waals surface area contributed by atoms with Crippen molar-refractivity contribution in [3.05, 3.63) is 44.7 Å². The predicted molar refractivity (Wildman–Crippen MR) is 69.1 cm³/mol. The third kappa shape index (κ3) is 2.51. The molecule has 0 bridgehead atoms. The van der Waals surface area contributed by atoms with Crippen LogP contribution in [0.5, 0.6) is 0 Å². The number of halogens is 1. The molecule has 0 aliphatic carbocycles. The molecule has 0 saturated heterocycles. The lowest BCUT2D eigenvalue weighted by Gasteiger charge is -2.06. The van der Waals surface area contributed by atoms with E-state index in [1.54, 1.807) is 0 Å². The number of aromatic nitrogens is 3. The highest BCUT2D eigenvalue weighted by Crippen LogP contribution is 2.27. The first-order chi connectivity index (χ1) is 9.58. The Labute approximate surface area is 118 Å². The van der Waals surface area contributed by atoms with Gasteiger partial charge in [-0.2, -0.15) is 0 Å². The van der Waals surface area contributed by atoms with Gasteiger partial charge < -0.3 is 4.74 Å². The van der Waals surface area contributed by atoms with Gasteiger partial charge in [0.15, 0.2) is 12.0 Å². The van der Waals surface area contributed by atoms with Crippen molar-refractivity contribution < 1.29 is 14.5 Å². The number of nitro benzene ring substituents is 1. The fourth-order valence-corrected chi connectivity index (χ4v) is 1.84. The lowest BCUT2D eigenvalue weighted by molar-refractivity contribution is -0.384. The summed E-state index contributed by atoms with van der Waals surface area (Å²) in [5.74, 6) is 0. The van der Waals surface area contributed by atoms with Crippen LogP contribution in [0.15, 0.2) is 18.2 Å². The zero-order valence-corrected chi connectivity index (χ0v) is 11.1. The maximum absolute atomic E-state index is 10.9. The standard InChI is InChI=1S/C11H9ClN4O4/c1-20-6-11-9(5-17)13-14-15(11)7-2-3-8(12)10(4-7)16(18)19/h2-5H,6H2,1H3. The summed E-state index contributed by atoms with van der Waals surface area (Å²) >= 11 is 5.74. The molecule has 0 aliphatic rings. The summed E-state index contributed by atoms with van der Waals surface area (Å²) in [5.41, 5.74) is 0.632. The van der Waals surface area contributed by atoms with Crippen LogP contribution in [0.4, 0.5) is 5.69 Å². The van der Waals surface area contributed by atoms with Gasteiger partial charge in [0.2, 0.25) is 0 Å². The van der Waals surface area contributed by atoms with Crippen LogP contribution in [0.2, 0.25) is 5.02 Å². The van der Waals surface area contributed by atoms with Crippen molar-refractivity contribution in [3.8, 4) is 5.69 Å². The zero-order chi connectivity index (χ0) is 14.7. The van der Waals surface area contributed by atoms with Crippen molar-refractivity contribution in [2.75, 3.05) is 7.11 Å². The van der Waals surface area contributed by atoms with Crippen LogP contribution in [0.25, 0.3) is 5.69 Å². The summed E-state index contributed by atoms with van der Waals surface area (Å²) in [6, 6.07) is 4.18. The average molecular weight is 297 g/mol. The monoisotopic (exact) mass is 296 g/mol. The molecule has 0 radical (unpaired) electrons. The fraction of sp³-hybridized carbons (Fsp3) is 0.182. The molecular weight excluding hydrogens is 288 g/mol. The number of hydrogen-bond donors (Lipinski definition) is 0. The first kappa shape index (κ1) is 14.1. The summed E-state index contributed by atoms with van der Waals surface area (Å²) in [7, 11) is 1.45. The molecule has 0 saturated carbocycles. The maximum atomic E-state index is 10.9. The molecule has 0 aliphatic heterocycles. The molecule has 20 heavy (non-hydrogen) atoms. The topological polar surface area (TPSA) is 100 Å². The average Bonchev–Trinajstić information content (AvgIpc) is 2.82. The molecule has 0 atom stereocenters. The Morgan fingerprint density at radius 2 is 2.30 bits per heavy atom. The number of nitro groups is 1. The van der Waals surface area contributed by atoms with Crippen LogP contribution in [-0.2, 0) is 11.3 Å². The SMILES string of the molecule is COCc1c(C=O)nnn1-c1ccc(Cl)c([N+](=O)[O-])c1. The van der Waals surface area contributed by atoms with E-state index < -0.39 is 4.92 Å². The number of benzene rings is 1. The smallest absolute Gasteiger partial charge is 0.290 e. The molecule has 1 aromatic heterocycles. The van der Waals surface area contributed by atoms with Crippen molar-refractivity contribution in [2.45, 2.75) is 6.61 Å². The first-order valence-electron chi connectivity index (χ1n) is 5.41. The van der Waals surface area contributed by atoms with Crippen LogP contribution in [0.3, 0.4) is 0 Å². The first-order valence-corrected chi connectivity index (χ1v) is 5.79. The number of carbonyl (C=O) groups excluding carboxylic acids is 1. The Bertz CT molecular complexity index is 670. The second kappa shape index (κ2) is 5.76. The minimum Gasteiger partial charge on any atom is -0.378 e. The van der Waals surface area contributed by atoms with Gasteiger partial charge in [0.05, 0.1) is 17.2 Å². The maximum Gasteiger partial charge on any atom is 0.290 e. The second-order valence-electron chi connectivity index (χ2n) is 3.78. The van der Waals surface area contributed by atoms with E-state index in [0.717, 1.165) is 0 Å². The highest BCUT2D eigenvalue weighted by Gasteiger charge is 2.18. The van der Waals surface area contributed by atoms with Crippen LogP contribution in [-0.4, -0.2) is 33.3 Å². The van der Waals surface area contributed by atoms with E-state index in [1.165, 1.54) is 30.0 Å². The van der Waals surface area contributed by atoms with Crippen molar-refractivity contribution in [1.82, 2.24) is 15.0 Å². The molecule has 0 amide bonds. The summed E-state index contributed by atoms with van der Waals surface area (Å²) in [6.07, 6.45) is 0.544. The van der Waals surface area contributed by atoms with Gasteiger partial charge >= 0.3 is 0 Å². The third-order valence-corrected chi connectivity index (χ3v) is 2.88. The lowest BCUT2D eigenvalue weighted by atomic mass is 10.2. The molecule has 9 heteroatoms. The molecule has 0 N–H and O–H groups in total. The van der Waals surface area contributed by atoms with Crippen molar-refractivity contribution in [2.24, 2.45) is 0 Å². The predicted octanol–water partition coefficient (Wildman–Crippen LogP) is 1.79. The summed E-state index contributed by atoms with van der Waals surface area (Å²) < 4.78 is 6.27. The minimum atomic E-state index is -0.598. The van der Waals surface area contributed by atoms with E-state index in [1.807, 2.05) is 0 Å². The number of hydrogen-bond acceptors (Lipinski definition) is 6. The van der Waals surface area contributed by atoms with Gasteiger partial charge in [0.1, 0.15) is 10.7 Å². The van der Waals surface area contributed by atoms with Crippen LogP contribution in [0.1, 0.15) is 16.2 Å². The number of aldehydes is 1. The molecule has 0 unspecified atom stereocenters. The van der Waals surface area contributed by atoms with E-state index in [-0.39, 0.29) is 23.0 Å². The lowest BCUT2D eigenvalue weighted by Crippen LogP contribution is -2.05. The van der Waals surface area contributed by atoms with Gasteiger partial charge in [0.25, 0.3) is 5.69 Å². The van der Waals surface area contributed by atoms with Crippen LogP contribution < -0.4 is 0 Å². The summed E-state index contributed by atoms with van der Waals surface area (Å²) in [4.78, 5) is 21.1. The van der Waals surface area contributed by atoms with Gasteiger partial charge in [0, 0.05) is 13.2 Å². The number of rotatable bonds is 5. The molecule has 8 nitrogen and oxygen atoms in total. The summed E-state index contributed by atoms with van der Waals surface area (Å²) in [6.45, 7) is 0.0947. The molecule has 0 spiro atoms. The highest BCUT2D eigenvalue weighted by molar-refractivity contribution is 6.32. The van der Waals surface area contributed by atoms with E-state index in [4.69, 9.17) is 16.3 Å². The van der Waals surface area contributed by atoms with Crippen LogP contribution in [0, 0.1) is 10.1 Å². The fourth-order valence-electron chi connectivity index (χ4n) is 1.66. The van der Waals surface area contributed by atoms with Crippen LogP contribution >= 0.6 is 11.6 Å². The summed E-state index contributed by atoms with van der Waals surface area (Å²) in [5, 5.41) is 18.4. The minimum absolute atomic E-state index is 0.0165. The van der Waals surface area contributed by atoms with Gasteiger partial charge in [-0.15, -0.1) is 5.10 Å². The van der Waals surface area contributed by atoms with E-state index in [0.29, 0.717) is 17.7 Å². The third-order valence-electron chi connectivity index (χ3n) is 2.56. The molecule has 2 rings (SSSR count). The Morgan fingerprint density at radius 3 is 2.90 bits per heavy atom. The normalized spacial score (nSPS) is 10.5. The quantitative estimate of drug-likeness (QED) is 0.473. The zero-order valence-electron chi connectivity index (χ0n) is 10.3. The number of methoxy groups -OCH3 is 1. The van der Waals surface area contributed by atoms with Crippen molar-refractivity contribution in [3.63, 3.8) is 0 Å². The second-order valence-corrected chi connectivity index (χ2v) is 4.18. The van der Waals surface area contributed by atoms with E-state index >= 15 is 0 Å². The Kier molecular flexibility index (Phi) is 4.06. The van der Waals surface area contributed by atoms with E-state index in [9.17, 15) is 14.9 Å².